The van der Waals surface area contributed by atoms with Gasteiger partial charge in [-0.1, -0.05) is 39.8 Å². The molecule has 0 radical (unpaired) electrons. The van der Waals surface area contributed by atoms with Gasteiger partial charge in [0.05, 0.1) is 17.8 Å². The number of esters is 4. The molecule has 2 aliphatic carbocycles. The van der Waals surface area contributed by atoms with Crippen LogP contribution < -0.4 is 9.47 Å². The fourth-order valence-corrected chi connectivity index (χ4v) is 8.43. The van der Waals surface area contributed by atoms with Gasteiger partial charge in [0.25, 0.3) is 0 Å². The lowest BCUT2D eigenvalue weighted by Gasteiger charge is -2.61. The Kier molecular flexibility index (Phi) is 9.13. The van der Waals surface area contributed by atoms with Gasteiger partial charge in [0.2, 0.25) is 6.79 Å². The third-order valence-corrected chi connectivity index (χ3v) is 11.1. The second-order valence-corrected chi connectivity index (χ2v) is 13.8. The van der Waals surface area contributed by atoms with Crippen molar-refractivity contribution in [3.8, 4) is 11.5 Å². The van der Waals surface area contributed by atoms with Crippen LogP contribution in [0.3, 0.4) is 0 Å². The molecule has 2 saturated carbocycles. The van der Waals surface area contributed by atoms with E-state index in [9.17, 15) is 19.2 Å². The highest BCUT2D eigenvalue weighted by Crippen LogP contribution is 2.66. The maximum absolute atomic E-state index is 12.9. The summed E-state index contributed by atoms with van der Waals surface area (Å²) < 4.78 is 39.6. The molecule has 2 saturated heterocycles. The van der Waals surface area contributed by atoms with Crippen molar-refractivity contribution in [1.82, 2.24) is 0 Å². The molecule has 6 rings (SSSR count). The topological polar surface area (TPSA) is 136 Å². The average molecular weight is 653 g/mol. The van der Waals surface area contributed by atoms with E-state index in [1.807, 2.05) is 6.08 Å². The van der Waals surface area contributed by atoms with Gasteiger partial charge < -0.3 is 33.2 Å². The Hall–Kier alpha value is -3.86. The van der Waals surface area contributed by atoms with Crippen LogP contribution in [0.15, 0.2) is 35.9 Å². The van der Waals surface area contributed by atoms with Gasteiger partial charge in [-0.15, -0.1) is 0 Å². The van der Waals surface area contributed by atoms with Gasteiger partial charge in [-0.05, 0) is 73.1 Å². The second kappa shape index (κ2) is 13.0. The van der Waals surface area contributed by atoms with Crippen molar-refractivity contribution >= 4 is 30.0 Å². The molecule has 2 unspecified atom stereocenters. The fourth-order valence-electron chi connectivity index (χ4n) is 8.43. The zero-order valence-corrected chi connectivity index (χ0v) is 27.5. The number of carbonyl (C=O) groups is 4. The Bertz CT molecular complexity index is 1470. The van der Waals surface area contributed by atoms with E-state index in [1.54, 1.807) is 38.1 Å². The average Bonchev–Trinajstić information content (AvgIpc) is 3.51. The molecule has 11 nitrogen and oxygen atoms in total. The summed E-state index contributed by atoms with van der Waals surface area (Å²) in [6.07, 6.45) is 7.67. The molecule has 1 spiro atoms. The van der Waals surface area contributed by atoms with Crippen molar-refractivity contribution in [3.63, 3.8) is 0 Å². The zero-order chi connectivity index (χ0) is 33.4. The lowest BCUT2D eigenvalue weighted by molar-refractivity contribution is -0.203. The van der Waals surface area contributed by atoms with Gasteiger partial charge in [-0.25, -0.2) is 9.59 Å². The molecule has 5 aliphatic rings. The minimum Gasteiger partial charge on any atom is -0.465 e. The fraction of sp³-hybridized carbons (Fsp3) is 0.611. The quantitative estimate of drug-likeness (QED) is 0.145. The number of hydrogen-bond acceptors (Lipinski definition) is 11. The highest BCUT2D eigenvalue weighted by Gasteiger charge is 2.67. The van der Waals surface area contributed by atoms with Crippen LogP contribution in [0.4, 0.5) is 0 Å². The van der Waals surface area contributed by atoms with Crippen molar-refractivity contribution in [2.75, 3.05) is 26.6 Å². The molecule has 1 aromatic carbocycles. The highest BCUT2D eigenvalue weighted by atomic mass is 16.7. The van der Waals surface area contributed by atoms with Gasteiger partial charge in [0, 0.05) is 24.3 Å². The summed E-state index contributed by atoms with van der Waals surface area (Å²) in [5, 5.41) is 0. The summed E-state index contributed by atoms with van der Waals surface area (Å²) >= 11 is 0. The van der Waals surface area contributed by atoms with Gasteiger partial charge >= 0.3 is 23.9 Å². The number of rotatable bonds is 10. The number of carbonyl (C=O) groups excluding carboxylic acids is 4. The molecule has 254 valence electrons. The summed E-state index contributed by atoms with van der Waals surface area (Å²) in [6, 6.07) is 5.35. The highest BCUT2D eigenvalue weighted by molar-refractivity contribution is 5.93. The molecule has 47 heavy (non-hydrogen) atoms. The van der Waals surface area contributed by atoms with E-state index < -0.39 is 23.5 Å². The number of allylic oxidation sites excluding steroid dienone is 1. The number of cyclic esters (lactones) is 1. The van der Waals surface area contributed by atoms with Crippen molar-refractivity contribution in [2.24, 2.45) is 22.7 Å². The summed E-state index contributed by atoms with van der Waals surface area (Å²) in [5.74, 6) is -0.309. The minimum atomic E-state index is -0.831. The molecule has 0 aromatic heterocycles. The first-order valence-electron chi connectivity index (χ1n) is 16.7. The smallest absolute Gasteiger partial charge is 0.337 e. The third-order valence-electron chi connectivity index (χ3n) is 11.1. The zero-order valence-electron chi connectivity index (χ0n) is 27.5. The van der Waals surface area contributed by atoms with Crippen molar-refractivity contribution in [1.29, 1.82) is 0 Å². The lowest BCUT2D eigenvalue weighted by Crippen LogP contribution is -2.61. The first-order chi connectivity index (χ1) is 22.5. The molecule has 7 atom stereocenters. The van der Waals surface area contributed by atoms with E-state index in [4.69, 9.17) is 33.2 Å². The van der Waals surface area contributed by atoms with Crippen molar-refractivity contribution < 1.29 is 52.3 Å². The molecule has 1 aromatic rings. The Morgan fingerprint density at radius 1 is 0.979 bits per heavy atom. The van der Waals surface area contributed by atoms with Crippen LogP contribution in [0.25, 0.3) is 6.08 Å². The molecule has 0 N–H and O–H groups in total. The van der Waals surface area contributed by atoms with E-state index in [1.165, 1.54) is 6.08 Å². The molecule has 4 fully saturated rings. The Balaban J connectivity index is 1.20. The Morgan fingerprint density at radius 3 is 2.49 bits per heavy atom. The SMILES string of the molecule is CCC(=O)OC[C@@]1(C)C2CC[C@]3(CO3)C(CC=C3C(=O)OC[C@H]3OC(=O)C=Cc3ccc4c(c3)OCO4)[C@@]2(C)CC[C@H]1OC(=O)CC. The van der Waals surface area contributed by atoms with Crippen LogP contribution in [-0.4, -0.2) is 68.3 Å². The van der Waals surface area contributed by atoms with Gasteiger partial charge in [-0.3, -0.25) is 9.59 Å². The molecule has 3 aliphatic heterocycles. The summed E-state index contributed by atoms with van der Waals surface area (Å²) in [7, 11) is 0. The molecule has 3 heterocycles. The molecule has 0 amide bonds. The maximum atomic E-state index is 12.9. The lowest BCUT2D eigenvalue weighted by atomic mass is 9.45. The summed E-state index contributed by atoms with van der Waals surface area (Å²) in [6.45, 7) is 8.77. The van der Waals surface area contributed by atoms with E-state index in [0.717, 1.165) is 24.8 Å². The Labute approximate surface area is 274 Å². The number of hydrogen-bond donors (Lipinski definition) is 0. The molecular formula is C36H44O11. The van der Waals surface area contributed by atoms with E-state index in [-0.39, 0.29) is 73.7 Å². The molecule has 0 bridgehead atoms. The standard InChI is InChI=1S/C36H44O11/c1-5-30(37)42-19-35(4)27-13-16-36(20-45-36)28(34(27,3)15-14-29(35)47-31(38)6-2)11-9-23-26(18-41-33(23)40)46-32(39)12-8-22-7-10-24-25(17-22)44-21-43-24/h7-10,12,17,26-29H,5-6,11,13-16,18-21H2,1-4H3/t26-,27?,28?,29-,34+,35+,36+/m1/s1. The van der Waals surface area contributed by atoms with E-state index in [0.29, 0.717) is 36.5 Å². The van der Waals surface area contributed by atoms with Crippen molar-refractivity contribution in [2.45, 2.75) is 90.4 Å². The largest absolute Gasteiger partial charge is 0.465 e. The second-order valence-electron chi connectivity index (χ2n) is 13.8. The minimum absolute atomic E-state index is 0.0286. The van der Waals surface area contributed by atoms with E-state index >= 15 is 0 Å². The predicted molar refractivity (Wildman–Crippen MR) is 167 cm³/mol. The molecular weight excluding hydrogens is 608 g/mol. The van der Waals surface area contributed by atoms with Crippen LogP contribution in [-0.2, 0) is 42.9 Å². The van der Waals surface area contributed by atoms with Crippen LogP contribution in [0.1, 0.15) is 78.2 Å². The number of epoxide rings is 1. The third kappa shape index (κ3) is 6.38. The summed E-state index contributed by atoms with van der Waals surface area (Å²) in [4.78, 5) is 50.4. The number of fused-ring (bicyclic) bond motifs is 2. The molecule has 11 heteroatoms. The predicted octanol–water partition coefficient (Wildman–Crippen LogP) is 5.09. The van der Waals surface area contributed by atoms with E-state index in [2.05, 4.69) is 13.8 Å². The number of ether oxygens (including phenoxy) is 7. The van der Waals surface area contributed by atoms with Crippen LogP contribution >= 0.6 is 0 Å². The monoisotopic (exact) mass is 652 g/mol. The van der Waals surface area contributed by atoms with Crippen molar-refractivity contribution in [3.05, 3.63) is 41.5 Å². The first-order valence-corrected chi connectivity index (χ1v) is 16.7. The van der Waals surface area contributed by atoms with Crippen LogP contribution in [0.2, 0.25) is 0 Å². The number of benzene rings is 1. The normalized spacial score (nSPS) is 34.6. The van der Waals surface area contributed by atoms with Gasteiger partial charge in [0.15, 0.2) is 17.6 Å². The summed E-state index contributed by atoms with van der Waals surface area (Å²) in [5.41, 5.74) is -0.124. The first kappa shape index (κ1) is 33.1. The van der Waals surface area contributed by atoms with Gasteiger partial charge in [-0.2, -0.15) is 0 Å². The van der Waals surface area contributed by atoms with Crippen LogP contribution in [0, 0.1) is 22.7 Å². The van der Waals surface area contributed by atoms with Crippen LogP contribution in [0.5, 0.6) is 11.5 Å². The maximum Gasteiger partial charge on any atom is 0.337 e. The van der Waals surface area contributed by atoms with Gasteiger partial charge in [0.1, 0.15) is 19.3 Å². The Morgan fingerprint density at radius 2 is 1.74 bits per heavy atom.